The summed E-state index contributed by atoms with van der Waals surface area (Å²) in [6.45, 7) is 0. The van der Waals surface area contributed by atoms with E-state index in [2.05, 4.69) is 47.4 Å². The number of hydrogen-bond acceptors (Lipinski definition) is 3. The molecule has 0 fully saturated rings. The second-order valence-electron chi connectivity index (χ2n) is 7.30. The van der Waals surface area contributed by atoms with Crippen molar-refractivity contribution in [3.63, 3.8) is 0 Å². The molecule has 0 unspecified atom stereocenters. The summed E-state index contributed by atoms with van der Waals surface area (Å²) in [6.07, 6.45) is 0. The second kappa shape index (κ2) is 7.67. The summed E-state index contributed by atoms with van der Waals surface area (Å²) in [5.74, 6) is 0. The van der Waals surface area contributed by atoms with Gasteiger partial charge in [0.1, 0.15) is 0 Å². The van der Waals surface area contributed by atoms with Gasteiger partial charge in [0.25, 0.3) is 0 Å². The molecular weight excluding hydrogens is 369 g/mol. The molecule has 144 valence electrons. The molecule has 0 saturated heterocycles. The Morgan fingerprint density at radius 3 is 1.97 bits per heavy atom. The van der Waals surface area contributed by atoms with Crippen LogP contribution in [0.2, 0.25) is 0 Å². The van der Waals surface area contributed by atoms with Crippen LogP contribution >= 0.6 is 0 Å². The molecule has 0 bridgehead atoms. The second-order valence-corrected chi connectivity index (χ2v) is 7.30. The first-order valence-electron chi connectivity index (χ1n) is 9.94. The van der Waals surface area contributed by atoms with Gasteiger partial charge in [0, 0.05) is 16.8 Å². The van der Waals surface area contributed by atoms with E-state index in [0.29, 0.717) is 5.46 Å². The zero-order valence-electron chi connectivity index (χ0n) is 16.3. The zero-order valence-corrected chi connectivity index (χ0v) is 16.3. The van der Waals surface area contributed by atoms with Crippen molar-refractivity contribution in [1.29, 1.82) is 0 Å². The third-order valence-electron chi connectivity index (χ3n) is 5.46. The van der Waals surface area contributed by atoms with Crippen molar-refractivity contribution < 1.29 is 10.0 Å². The molecule has 5 rings (SSSR count). The van der Waals surface area contributed by atoms with E-state index in [1.54, 1.807) is 6.07 Å². The summed E-state index contributed by atoms with van der Waals surface area (Å²) >= 11 is 0. The summed E-state index contributed by atoms with van der Waals surface area (Å²) in [5, 5.41) is 23.8. The lowest BCUT2D eigenvalue weighted by Gasteiger charge is -2.27. The average Bonchev–Trinajstić information content (AvgIpc) is 2.80. The lowest BCUT2D eigenvalue weighted by Crippen LogP contribution is -2.30. The number of rotatable bonds is 4. The predicted octanol–water partition coefficient (Wildman–Crippen LogP) is 5.14. The van der Waals surface area contributed by atoms with Gasteiger partial charge in [0.2, 0.25) is 0 Å². The maximum absolute atomic E-state index is 9.85. The van der Waals surface area contributed by atoms with Crippen molar-refractivity contribution in [1.82, 2.24) is 0 Å². The van der Waals surface area contributed by atoms with Gasteiger partial charge in [-0.3, -0.25) is 0 Å². The molecule has 5 aromatic rings. The fourth-order valence-electron chi connectivity index (χ4n) is 4.05. The van der Waals surface area contributed by atoms with Crippen LogP contribution in [0.4, 0.5) is 17.1 Å². The summed E-state index contributed by atoms with van der Waals surface area (Å²) < 4.78 is 0. The molecule has 0 aromatic heterocycles. The van der Waals surface area contributed by atoms with Crippen molar-refractivity contribution in [2.75, 3.05) is 4.90 Å². The molecular formula is C26H20BNO2. The zero-order chi connectivity index (χ0) is 20.5. The Balaban J connectivity index is 1.79. The van der Waals surface area contributed by atoms with E-state index < -0.39 is 7.12 Å². The summed E-state index contributed by atoms with van der Waals surface area (Å²) in [5.41, 5.74) is 3.56. The number of benzene rings is 5. The fraction of sp³-hybridized carbons (Fsp3) is 0. The van der Waals surface area contributed by atoms with Gasteiger partial charge in [-0.05, 0) is 52.0 Å². The van der Waals surface area contributed by atoms with Gasteiger partial charge in [0.05, 0.1) is 5.69 Å². The molecule has 3 nitrogen and oxygen atoms in total. The monoisotopic (exact) mass is 389 g/mol. The highest BCUT2D eigenvalue weighted by atomic mass is 16.4. The van der Waals surface area contributed by atoms with Gasteiger partial charge in [-0.25, -0.2) is 0 Å². The molecule has 0 atom stereocenters. The highest BCUT2D eigenvalue weighted by Gasteiger charge is 2.20. The van der Waals surface area contributed by atoms with Gasteiger partial charge in [-0.1, -0.05) is 78.9 Å². The predicted molar refractivity (Wildman–Crippen MR) is 126 cm³/mol. The van der Waals surface area contributed by atoms with Gasteiger partial charge < -0.3 is 14.9 Å². The van der Waals surface area contributed by atoms with E-state index in [-0.39, 0.29) is 0 Å². The van der Waals surface area contributed by atoms with Crippen molar-refractivity contribution in [3.05, 3.63) is 109 Å². The van der Waals surface area contributed by atoms with E-state index in [1.165, 1.54) is 10.8 Å². The van der Waals surface area contributed by atoms with Crippen molar-refractivity contribution in [2.45, 2.75) is 0 Å². The van der Waals surface area contributed by atoms with Crippen molar-refractivity contribution in [2.24, 2.45) is 0 Å². The highest BCUT2D eigenvalue weighted by Crippen LogP contribution is 2.39. The Morgan fingerprint density at radius 1 is 0.533 bits per heavy atom. The van der Waals surface area contributed by atoms with Crippen LogP contribution in [0.25, 0.3) is 21.5 Å². The highest BCUT2D eigenvalue weighted by molar-refractivity contribution is 6.62. The van der Waals surface area contributed by atoms with Crippen LogP contribution in [0.15, 0.2) is 109 Å². The molecule has 0 aliphatic heterocycles. The number of nitrogens with zero attached hydrogens (tertiary/aromatic N) is 1. The third kappa shape index (κ3) is 3.22. The third-order valence-corrected chi connectivity index (χ3v) is 5.46. The Bertz CT molecular complexity index is 1340. The topological polar surface area (TPSA) is 43.7 Å². The number of para-hydroxylation sites is 1. The molecule has 0 aliphatic carbocycles. The SMILES string of the molecule is OB(O)c1ccc(N(c2ccccc2)c2ccc3ccccc3c2)c2ccccc12. The number of anilines is 3. The van der Waals surface area contributed by atoms with Crippen molar-refractivity contribution in [3.8, 4) is 0 Å². The first-order chi connectivity index (χ1) is 14.7. The van der Waals surface area contributed by atoms with Gasteiger partial charge >= 0.3 is 7.12 Å². The Hall–Kier alpha value is -3.60. The van der Waals surface area contributed by atoms with Gasteiger partial charge in [-0.2, -0.15) is 0 Å². The number of hydrogen-bond donors (Lipinski definition) is 2. The Kier molecular flexibility index (Phi) is 4.72. The molecule has 0 radical (unpaired) electrons. The van der Waals surface area contributed by atoms with Crippen molar-refractivity contribution >= 4 is 51.2 Å². The van der Waals surface area contributed by atoms with E-state index in [9.17, 15) is 10.0 Å². The van der Waals surface area contributed by atoms with Crippen LogP contribution in [-0.4, -0.2) is 17.2 Å². The van der Waals surface area contributed by atoms with Gasteiger partial charge in [0.15, 0.2) is 0 Å². The molecule has 0 amide bonds. The Morgan fingerprint density at radius 2 is 1.20 bits per heavy atom. The standard InChI is InChI=1S/C26H20BNO2/c29-27(30)25-16-17-26(24-13-7-6-12-23(24)25)28(21-10-2-1-3-11-21)22-15-14-19-8-4-5-9-20(19)18-22/h1-18,29-30H. The minimum absolute atomic E-state index is 0.501. The van der Waals surface area contributed by atoms with E-state index >= 15 is 0 Å². The lowest BCUT2D eigenvalue weighted by atomic mass is 9.77. The first-order valence-corrected chi connectivity index (χ1v) is 9.94. The lowest BCUT2D eigenvalue weighted by molar-refractivity contribution is 0.426. The average molecular weight is 389 g/mol. The minimum atomic E-state index is -1.52. The fourth-order valence-corrected chi connectivity index (χ4v) is 4.05. The molecule has 0 spiro atoms. The smallest absolute Gasteiger partial charge is 0.423 e. The molecule has 2 N–H and O–H groups in total. The van der Waals surface area contributed by atoms with Crippen LogP contribution in [-0.2, 0) is 0 Å². The molecule has 0 saturated carbocycles. The number of fused-ring (bicyclic) bond motifs is 2. The maximum atomic E-state index is 9.85. The van der Waals surface area contributed by atoms with E-state index in [1.807, 2.05) is 60.7 Å². The summed E-state index contributed by atoms with van der Waals surface area (Å²) in [7, 11) is -1.52. The Labute approximate surface area is 175 Å². The molecule has 0 heterocycles. The summed E-state index contributed by atoms with van der Waals surface area (Å²) in [6, 6.07) is 36.6. The normalized spacial score (nSPS) is 11.0. The first kappa shape index (κ1) is 18.4. The molecule has 30 heavy (non-hydrogen) atoms. The van der Waals surface area contributed by atoms with E-state index in [0.717, 1.165) is 27.8 Å². The minimum Gasteiger partial charge on any atom is -0.423 e. The quantitative estimate of drug-likeness (QED) is 0.418. The summed E-state index contributed by atoms with van der Waals surface area (Å²) in [4.78, 5) is 2.21. The molecule has 4 heteroatoms. The van der Waals surface area contributed by atoms with Crippen LogP contribution < -0.4 is 10.4 Å². The molecule has 5 aromatic carbocycles. The molecule has 0 aliphatic rings. The van der Waals surface area contributed by atoms with E-state index in [4.69, 9.17) is 0 Å². The largest absolute Gasteiger partial charge is 0.489 e. The van der Waals surface area contributed by atoms with Crippen LogP contribution in [0.3, 0.4) is 0 Å². The van der Waals surface area contributed by atoms with Crippen LogP contribution in [0.1, 0.15) is 0 Å². The maximum Gasteiger partial charge on any atom is 0.489 e. The van der Waals surface area contributed by atoms with Crippen LogP contribution in [0, 0.1) is 0 Å². The van der Waals surface area contributed by atoms with Gasteiger partial charge in [-0.15, -0.1) is 0 Å². The van der Waals surface area contributed by atoms with Crippen LogP contribution in [0.5, 0.6) is 0 Å².